The number of aryl methyl sites for hydroxylation is 2. The van der Waals surface area contributed by atoms with Gasteiger partial charge in [0.2, 0.25) is 0 Å². The zero-order valence-corrected chi connectivity index (χ0v) is 14.1. The van der Waals surface area contributed by atoms with Crippen LogP contribution in [0.15, 0.2) is 17.1 Å². The Morgan fingerprint density at radius 3 is 2.86 bits per heavy atom. The van der Waals surface area contributed by atoms with Crippen molar-refractivity contribution in [3.8, 4) is 0 Å². The fraction of sp³-hybridized carbons (Fsp3) is 0.647. The van der Waals surface area contributed by atoms with E-state index in [1.165, 1.54) is 12.5 Å². The number of carbonyl (C=O) groups is 1. The van der Waals surface area contributed by atoms with Crippen LogP contribution in [-0.2, 0) is 7.05 Å². The molecule has 1 aromatic heterocycles. The minimum absolute atomic E-state index is 0.208. The molecule has 2 heterocycles. The Hall–Kier alpha value is -1.62. The summed E-state index contributed by atoms with van der Waals surface area (Å²) in [5.41, 5.74) is 0.867. The summed E-state index contributed by atoms with van der Waals surface area (Å²) in [6, 6.07) is 2.05. The predicted octanol–water partition coefficient (Wildman–Crippen LogP) is 1.54. The molecule has 0 aromatic carbocycles. The normalized spacial score (nSPS) is 19.4. The highest BCUT2D eigenvalue weighted by Crippen LogP contribution is 2.17. The number of aromatic nitrogens is 1. The van der Waals surface area contributed by atoms with E-state index < -0.39 is 0 Å². The van der Waals surface area contributed by atoms with Crippen LogP contribution in [0, 0.1) is 12.8 Å². The van der Waals surface area contributed by atoms with E-state index in [-0.39, 0.29) is 16.9 Å². The van der Waals surface area contributed by atoms with Crippen molar-refractivity contribution in [1.82, 2.24) is 14.8 Å². The molecule has 1 amide bonds. The summed E-state index contributed by atoms with van der Waals surface area (Å²) < 4.78 is 1.80. The van der Waals surface area contributed by atoms with Crippen LogP contribution in [0.25, 0.3) is 0 Å². The maximum Gasteiger partial charge on any atom is 0.256 e. The predicted molar refractivity (Wildman–Crippen MR) is 88.2 cm³/mol. The molecule has 0 bridgehead atoms. The van der Waals surface area contributed by atoms with Gasteiger partial charge < -0.3 is 14.8 Å². The second-order valence-electron chi connectivity index (χ2n) is 6.61. The van der Waals surface area contributed by atoms with Crippen LogP contribution in [-0.4, -0.2) is 41.1 Å². The minimum atomic E-state index is -0.262. The van der Waals surface area contributed by atoms with E-state index in [2.05, 4.69) is 24.1 Å². The van der Waals surface area contributed by atoms with Crippen LogP contribution in [0.1, 0.15) is 42.7 Å². The van der Waals surface area contributed by atoms with Crippen LogP contribution >= 0.6 is 0 Å². The summed E-state index contributed by atoms with van der Waals surface area (Å²) in [4.78, 5) is 26.6. The maximum atomic E-state index is 12.2. The molecule has 1 aromatic rings. The molecule has 1 saturated heterocycles. The third-order valence-corrected chi connectivity index (χ3v) is 4.56. The number of piperidine rings is 1. The highest BCUT2D eigenvalue weighted by atomic mass is 16.2. The minimum Gasteiger partial charge on any atom is -0.354 e. The number of nitrogens with zero attached hydrogens (tertiary/aromatic N) is 2. The number of pyridine rings is 1. The lowest BCUT2D eigenvalue weighted by Gasteiger charge is -2.35. The molecule has 1 aliphatic rings. The lowest BCUT2D eigenvalue weighted by molar-refractivity contribution is 0.0921. The molecule has 0 aliphatic carbocycles. The van der Waals surface area contributed by atoms with Gasteiger partial charge in [0.15, 0.2) is 5.43 Å². The molecule has 1 atom stereocenters. The molecule has 1 N–H and O–H groups in total. The molecule has 1 fully saturated rings. The van der Waals surface area contributed by atoms with Crippen molar-refractivity contribution < 1.29 is 4.79 Å². The number of nitrogens with one attached hydrogen (secondary N) is 1. The number of likely N-dealkylation sites (tertiary alicyclic amines) is 1. The summed E-state index contributed by atoms with van der Waals surface area (Å²) in [5, 5.41) is 2.94. The Kier molecular flexibility index (Phi) is 5.40. The smallest absolute Gasteiger partial charge is 0.256 e. The Morgan fingerprint density at radius 2 is 2.18 bits per heavy atom. The highest BCUT2D eigenvalue weighted by molar-refractivity contribution is 5.93. The molecular weight excluding hydrogens is 278 g/mol. The first-order valence-electron chi connectivity index (χ1n) is 8.08. The largest absolute Gasteiger partial charge is 0.354 e. The van der Waals surface area contributed by atoms with Crippen LogP contribution in [0.2, 0.25) is 0 Å². The lowest BCUT2D eigenvalue weighted by atomic mass is 9.97. The number of hydrogen-bond donors (Lipinski definition) is 1. The van der Waals surface area contributed by atoms with Gasteiger partial charge in [0, 0.05) is 44.1 Å². The zero-order chi connectivity index (χ0) is 16.3. The molecule has 0 radical (unpaired) electrons. The standard InChI is InChI=1S/C17H27N3O2/c1-12(2)20-7-5-6-14(10-20)9-18-17(22)15-11-19(4)13(3)8-16(15)21/h8,11-12,14H,5-7,9-10H2,1-4H3,(H,18,22). The van der Waals surface area contributed by atoms with E-state index in [0.717, 1.165) is 25.2 Å². The van der Waals surface area contributed by atoms with Crippen LogP contribution in [0.3, 0.4) is 0 Å². The first-order chi connectivity index (χ1) is 10.4. The van der Waals surface area contributed by atoms with Crippen molar-refractivity contribution in [1.29, 1.82) is 0 Å². The molecule has 5 heteroatoms. The first-order valence-corrected chi connectivity index (χ1v) is 8.08. The van der Waals surface area contributed by atoms with Crippen molar-refractivity contribution in [2.75, 3.05) is 19.6 Å². The molecular formula is C17H27N3O2. The van der Waals surface area contributed by atoms with E-state index >= 15 is 0 Å². The van der Waals surface area contributed by atoms with Gasteiger partial charge in [-0.3, -0.25) is 9.59 Å². The number of rotatable bonds is 4. The molecule has 0 saturated carbocycles. The molecule has 22 heavy (non-hydrogen) atoms. The second-order valence-corrected chi connectivity index (χ2v) is 6.61. The van der Waals surface area contributed by atoms with Gasteiger partial charge in [-0.1, -0.05) is 0 Å². The monoisotopic (exact) mass is 305 g/mol. The molecule has 1 aliphatic heterocycles. The van der Waals surface area contributed by atoms with E-state index in [9.17, 15) is 9.59 Å². The average molecular weight is 305 g/mol. The topological polar surface area (TPSA) is 54.3 Å². The van der Waals surface area contributed by atoms with Gasteiger partial charge in [-0.15, -0.1) is 0 Å². The van der Waals surface area contributed by atoms with Crippen LogP contribution in [0.4, 0.5) is 0 Å². The summed E-state index contributed by atoms with van der Waals surface area (Å²) in [6.45, 7) is 9.06. The number of amides is 1. The van der Waals surface area contributed by atoms with Gasteiger partial charge in [-0.2, -0.15) is 0 Å². The number of carbonyl (C=O) groups excluding carboxylic acids is 1. The lowest BCUT2D eigenvalue weighted by Crippen LogP contribution is -2.44. The Morgan fingerprint density at radius 1 is 1.45 bits per heavy atom. The van der Waals surface area contributed by atoms with Crippen molar-refractivity contribution in [2.45, 2.75) is 39.7 Å². The summed E-state index contributed by atoms with van der Waals surface area (Å²) in [5.74, 6) is 0.205. The SMILES string of the molecule is Cc1cc(=O)c(C(=O)NCC2CCCN(C(C)C)C2)cn1C. The van der Waals surface area contributed by atoms with E-state index in [1.54, 1.807) is 10.8 Å². The summed E-state index contributed by atoms with van der Waals surface area (Å²) in [7, 11) is 1.84. The second kappa shape index (κ2) is 7.09. The van der Waals surface area contributed by atoms with Crippen molar-refractivity contribution in [3.63, 3.8) is 0 Å². The van der Waals surface area contributed by atoms with E-state index in [0.29, 0.717) is 18.5 Å². The summed E-state index contributed by atoms with van der Waals surface area (Å²) >= 11 is 0. The number of hydrogen-bond acceptors (Lipinski definition) is 3. The zero-order valence-electron chi connectivity index (χ0n) is 14.1. The van der Waals surface area contributed by atoms with Gasteiger partial charge in [0.25, 0.3) is 5.91 Å². The van der Waals surface area contributed by atoms with Gasteiger partial charge in [-0.25, -0.2) is 0 Å². The third-order valence-electron chi connectivity index (χ3n) is 4.56. The van der Waals surface area contributed by atoms with Gasteiger partial charge >= 0.3 is 0 Å². The maximum absolute atomic E-state index is 12.2. The van der Waals surface area contributed by atoms with Crippen LogP contribution in [0.5, 0.6) is 0 Å². The van der Waals surface area contributed by atoms with E-state index in [4.69, 9.17) is 0 Å². The fourth-order valence-corrected chi connectivity index (χ4v) is 2.96. The molecule has 122 valence electrons. The van der Waals surface area contributed by atoms with Crippen LogP contribution < -0.4 is 10.7 Å². The quantitative estimate of drug-likeness (QED) is 0.918. The van der Waals surface area contributed by atoms with Gasteiger partial charge in [0.05, 0.1) is 0 Å². The van der Waals surface area contributed by atoms with Crippen molar-refractivity contribution >= 4 is 5.91 Å². The Balaban J connectivity index is 1.96. The fourth-order valence-electron chi connectivity index (χ4n) is 2.96. The molecule has 5 nitrogen and oxygen atoms in total. The summed E-state index contributed by atoms with van der Waals surface area (Å²) in [6.07, 6.45) is 3.93. The highest BCUT2D eigenvalue weighted by Gasteiger charge is 2.22. The van der Waals surface area contributed by atoms with Crippen molar-refractivity contribution in [2.24, 2.45) is 13.0 Å². The van der Waals surface area contributed by atoms with Crippen molar-refractivity contribution in [3.05, 3.63) is 33.7 Å². The molecule has 1 unspecified atom stereocenters. The average Bonchev–Trinajstić information content (AvgIpc) is 2.48. The molecule has 0 spiro atoms. The third kappa shape index (κ3) is 3.97. The molecule has 2 rings (SSSR count). The van der Waals surface area contributed by atoms with Gasteiger partial charge in [-0.05, 0) is 46.1 Å². The van der Waals surface area contributed by atoms with Gasteiger partial charge in [0.1, 0.15) is 5.56 Å². The Labute approximate surface area is 132 Å². The first kappa shape index (κ1) is 16.7. The Bertz CT molecular complexity index is 592. The van der Waals surface area contributed by atoms with E-state index in [1.807, 2.05) is 14.0 Å².